The Bertz CT molecular complexity index is 108. The highest BCUT2D eigenvalue weighted by molar-refractivity contribution is 4.67. The van der Waals surface area contributed by atoms with E-state index in [0.29, 0.717) is 6.54 Å². The van der Waals surface area contributed by atoms with Crippen molar-refractivity contribution >= 4 is 0 Å². The fraction of sp³-hybridized carbons (Fsp3) is 0.750. The van der Waals surface area contributed by atoms with Gasteiger partial charge in [0.15, 0.2) is 0 Å². The quantitative estimate of drug-likeness (QED) is 0.366. The molecule has 0 saturated carbocycles. The Hall–Kier alpha value is -0.380. The molecule has 63 valence electrons. The molecule has 0 bridgehead atoms. The highest BCUT2D eigenvalue weighted by Crippen LogP contribution is 2.04. The summed E-state index contributed by atoms with van der Waals surface area (Å²) >= 11 is 0. The molecule has 3 heteroatoms. The monoisotopic (exact) mass is 154 g/mol. The minimum atomic E-state index is 0.691. The molecule has 3 nitrogen and oxygen atoms in total. The number of hydrogen-bond acceptors (Lipinski definition) is 2. The Morgan fingerprint density at radius 2 is 2.09 bits per heavy atom. The highest BCUT2D eigenvalue weighted by atomic mass is 15.7. The molecule has 1 heterocycles. The number of rotatable bonds is 4. The summed E-state index contributed by atoms with van der Waals surface area (Å²) < 4.78 is 0. The Labute approximate surface area is 68.4 Å². The number of nitrogens with one attached hydrogen (secondary N) is 1. The second-order valence-electron chi connectivity index (χ2n) is 2.78. The van der Waals surface area contributed by atoms with Crippen LogP contribution in [0.25, 0.3) is 0 Å². The van der Waals surface area contributed by atoms with Gasteiger partial charge < -0.3 is 0 Å². The normalized spacial score (nSPS) is 20.0. The van der Waals surface area contributed by atoms with E-state index >= 15 is 0 Å². The zero-order valence-electron chi connectivity index (χ0n) is 6.92. The van der Waals surface area contributed by atoms with Crippen molar-refractivity contribution in [2.45, 2.75) is 19.3 Å². The molecule has 1 fully saturated rings. The molecule has 0 aliphatic carbocycles. The summed E-state index contributed by atoms with van der Waals surface area (Å²) in [6, 6.07) is 0. The minimum absolute atomic E-state index is 0.691. The van der Waals surface area contributed by atoms with Gasteiger partial charge in [-0.1, -0.05) is 12.5 Å². The summed E-state index contributed by atoms with van der Waals surface area (Å²) in [5.74, 6) is 0. The molecule has 1 radical (unpaired) electrons. The van der Waals surface area contributed by atoms with E-state index in [0.717, 1.165) is 13.1 Å². The van der Waals surface area contributed by atoms with Gasteiger partial charge in [0.05, 0.1) is 0 Å². The Balaban J connectivity index is 2.00. The van der Waals surface area contributed by atoms with Crippen LogP contribution in [-0.2, 0) is 0 Å². The smallest absolute Gasteiger partial charge is 0.0496 e. The van der Waals surface area contributed by atoms with Crippen LogP contribution < -0.4 is 11.0 Å². The van der Waals surface area contributed by atoms with Crippen molar-refractivity contribution in [3.05, 3.63) is 12.7 Å². The summed E-state index contributed by atoms with van der Waals surface area (Å²) in [7, 11) is 0. The second-order valence-corrected chi connectivity index (χ2v) is 2.78. The zero-order valence-corrected chi connectivity index (χ0v) is 6.92. The topological polar surface area (TPSA) is 29.4 Å². The van der Waals surface area contributed by atoms with E-state index in [2.05, 4.69) is 22.5 Å². The Morgan fingerprint density at radius 1 is 1.36 bits per heavy atom. The summed E-state index contributed by atoms with van der Waals surface area (Å²) in [6.07, 6.45) is 5.73. The maximum Gasteiger partial charge on any atom is 0.0496 e. The van der Waals surface area contributed by atoms with E-state index in [1.807, 2.05) is 0 Å². The summed E-state index contributed by atoms with van der Waals surface area (Å²) in [4.78, 5) is 0. The molecule has 1 N–H and O–H groups in total. The molecule has 0 aromatic carbocycles. The van der Waals surface area contributed by atoms with Crippen LogP contribution in [0.5, 0.6) is 0 Å². The first-order chi connectivity index (χ1) is 5.43. The molecular formula is C8H16N3. The fourth-order valence-electron chi connectivity index (χ4n) is 1.20. The first kappa shape index (κ1) is 8.71. The van der Waals surface area contributed by atoms with Crippen molar-refractivity contribution in [1.29, 1.82) is 0 Å². The predicted molar refractivity (Wildman–Crippen MR) is 45.8 cm³/mol. The third-order valence-electron chi connectivity index (χ3n) is 1.79. The van der Waals surface area contributed by atoms with Gasteiger partial charge in [-0.25, -0.2) is 5.01 Å². The molecule has 0 amide bonds. The lowest BCUT2D eigenvalue weighted by molar-refractivity contribution is 0.124. The van der Waals surface area contributed by atoms with Crippen LogP contribution >= 0.6 is 0 Å². The maximum absolute atomic E-state index is 4.07. The lowest BCUT2D eigenvalue weighted by Gasteiger charge is -2.25. The van der Waals surface area contributed by atoms with Crippen LogP contribution in [0.4, 0.5) is 0 Å². The van der Waals surface area contributed by atoms with Crippen molar-refractivity contribution in [3.63, 3.8) is 0 Å². The lowest BCUT2D eigenvalue weighted by Crippen LogP contribution is -2.45. The van der Waals surface area contributed by atoms with E-state index in [1.54, 1.807) is 6.08 Å². The van der Waals surface area contributed by atoms with E-state index in [-0.39, 0.29) is 0 Å². The standard InChI is InChI=1S/C8H16N3/c1-2-6-9-10-11-7-4-3-5-8-11/h2,10H,1,3-8H2. The van der Waals surface area contributed by atoms with Crippen LogP contribution in [0.1, 0.15) is 19.3 Å². The Morgan fingerprint density at radius 3 is 2.73 bits per heavy atom. The van der Waals surface area contributed by atoms with Crippen LogP contribution in [0.2, 0.25) is 0 Å². The molecule has 1 aliphatic rings. The van der Waals surface area contributed by atoms with Crippen molar-refractivity contribution < 1.29 is 0 Å². The molecular weight excluding hydrogens is 138 g/mol. The van der Waals surface area contributed by atoms with Gasteiger partial charge in [-0.05, 0) is 12.8 Å². The summed E-state index contributed by atoms with van der Waals surface area (Å²) in [5, 5.41) is 2.16. The van der Waals surface area contributed by atoms with Gasteiger partial charge >= 0.3 is 0 Å². The molecule has 0 atom stereocenters. The third kappa shape index (κ3) is 3.51. The molecule has 1 aliphatic heterocycles. The van der Waals surface area contributed by atoms with E-state index < -0.39 is 0 Å². The van der Waals surface area contributed by atoms with Crippen LogP contribution in [0, 0.1) is 0 Å². The number of nitrogens with zero attached hydrogens (tertiary/aromatic N) is 2. The van der Waals surface area contributed by atoms with Crippen LogP contribution in [-0.4, -0.2) is 24.6 Å². The first-order valence-corrected chi connectivity index (χ1v) is 4.21. The van der Waals surface area contributed by atoms with E-state index in [1.165, 1.54) is 19.3 Å². The van der Waals surface area contributed by atoms with Gasteiger partial charge in [0.1, 0.15) is 0 Å². The molecule has 1 saturated heterocycles. The molecule has 0 aromatic heterocycles. The zero-order chi connectivity index (χ0) is 7.94. The average molecular weight is 154 g/mol. The summed E-state index contributed by atoms with van der Waals surface area (Å²) in [6.45, 7) is 6.53. The minimum Gasteiger partial charge on any atom is -0.229 e. The maximum atomic E-state index is 4.07. The third-order valence-corrected chi connectivity index (χ3v) is 1.79. The van der Waals surface area contributed by atoms with Gasteiger partial charge in [-0.2, -0.15) is 5.53 Å². The van der Waals surface area contributed by atoms with Crippen molar-refractivity contribution in [1.82, 2.24) is 16.0 Å². The SMILES string of the molecule is C=CC[N]NN1CCCCC1. The van der Waals surface area contributed by atoms with E-state index in [4.69, 9.17) is 0 Å². The predicted octanol–water partition coefficient (Wildman–Crippen LogP) is 0.682. The molecule has 0 aromatic rings. The second kappa shape index (κ2) is 5.29. The van der Waals surface area contributed by atoms with Crippen molar-refractivity contribution in [2.75, 3.05) is 19.6 Å². The van der Waals surface area contributed by atoms with Crippen molar-refractivity contribution in [2.24, 2.45) is 0 Å². The lowest BCUT2D eigenvalue weighted by atomic mass is 10.2. The highest BCUT2D eigenvalue weighted by Gasteiger charge is 2.07. The van der Waals surface area contributed by atoms with Gasteiger partial charge in [0.2, 0.25) is 0 Å². The van der Waals surface area contributed by atoms with Crippen molar-refractivity contribution in [3.8, 4) is 0 Å². The number of hydrazine groups is 1. The van der Waals surface area contributed by atoms with Crippen LogP contribution in [0.15, 0.2) is 12.7 Å². The van der Waals surface area contributed by atoms with Gasteiger partial charge in [-0.3, -0.25) is 0 Å². The van der Waals surface area contributed by atoms with Gasteiger partial charge in [0.25, 0.3) is 0 Å². The number of piperidine rings is 1. The largest absolute Gasteiger partial charge is 0.229 e. The first-order valence-electron chi connectivity index (χ1n) is 4.21. The van der Waals surface area contributed by atoms with Gasteiger partial charge in [0, 0.05) is 19.6 Å². The molecule has 0 spiro atoms. The summed E-state index contributed by atoms with van der Waals surface area (Å²) in [5.41, 5.74) is 7.08. The van der Waals surface area contributed by atoms with Crippen LogP contribution in [0.3, 0.4) is 0 Å². The molecule has 11 heavy (non-hydrogen) atoms. The number of hydrogen-bond donors (Lipinski definition) is 1. The molecule has 1 rings (SSSR count). The Kier molecular flexibility index (Phi) is 4.19. The molecule has 0 unspecified atom stereocenters. The van der Waals surface area contributed by atoms with E-state index in [9.17, 15) is 0 Å². The average Bonchev–Trinajstić information content (AvgIpc) is 2.07. The van der Waals surface area contributed by atoms with Gasteiger partial charge in [-0.15, -0.1) is 12.0 Å². The fourth-order valence-corrected chi connectivity index (χ4v) is 1.20.